The average Bonchev–Trinajstić information content (AvgIpc) is 3.27. The molecule has 2 aromatic carbocycles. The van der Waals surface area contributed by atoms with Crippen LogP contribution in [0.25, 0.3) is 11.1 Å². The third kappa shape index (κ3) is 6.87. The van der Waals surface area contributed by atoms with Crippen LogP contribution in [0, 0.1) is 5.92 Å². The van der Waals surface area contributed by atoms with Crippen LogP contribution in [0.3, 0.4) is 0 Å². The topological polar surface area (TPSA) is 81.9 Å². The van der Waals surface area contributed by atoms with Gasteiger partial charge in [0.05, 0.1) is 13.2 Å². The fraction of sp³-hybridized carbons (Fsp3) is 0.423. The van der Waals surface area contributed by atoms with Gasteiger partial charge in [-0.1, -0.05) is 62.7 Å². The molecule has 1 aromatic heterocycles. The first-order valence-electron chi connectivity index (χ1n) is 11.5. The van der Waals surface area contributed by atoms with E-state index in [2.05, 4.69) is 4.98 Å². The molecule has 0 radical (unpaired) electrons. The lowest BCUT2D eigenvalue weighted by Gasteiger charge is -2.33. The van der Waals surface area contributed by atoms with Gasteiger partial charge in [0.25, 0.3) is 0 Å². The number of carbonyl (C=O) groups is 2. The third-order valence-corrected chi connectivity index (χ3v) is 5.64. The Morgan fingerprint density at radius 2 is 1.82 bits per heavy atom. The summed E-state index contributed by atoms with van der Waals surface area (Å²) < 4.78 is 29.1. The molecule has 1 heterocycles. The molecule has 0 fully saturated rings. The second-order valence-corrected chi connectivity index (χ2v) is 8.06. The minimum atomic E-state index is -0.820. The van der Waals surface area contributed by atoms with Gasteiger partial charge in [0.2, 0.25) is 11.8 Å². The van der Waals surface area contributed by atoms with Crippen LogP contribution in [0.15, 0.2) is 59.0 Å². The largest absolute Gasteiger partial charge is 0.459 e. The first-order chi connectivity index (χ1) is 16.5. The predicted octanol–water partition coefficient (Wildman–Crippen LogP) is 4.34. The van der Waals surface area contributed by atoms with Crippen molar-refractivity contribution in [3.63, 3.8) is 0 Å². The maximum absolute atomic E-state index is 13.4. The number of amides is 1. The van der Waals surface area contributed by atoms with Gasteiger partial charge in [0.1, 0.15) is 31.3 Å². The van der Waals surface area contributed by atoms with Crippen LogP contribution in [0.4, 0.5) is 4.39 Å². The molecule has 0 unspecified atom stereocenters. The quantitative estimate of drug-likeness (QED) is 0.273. The number of alkyl halides is 1. The summed E-state index contributed by atoms with van der Waals surface area (Å²) in [6.45, 7) is 3.49. The Hall–Kier alpha value is -3.26. The monoisotopic (exact) mass is 470 g/mol. The molecule has 34 heavy (non-hydrogen) atoms. The number of para-hydroxylation sites is 2. The van der Waals surface area contributed by atoms with Gasteiger partial charge < -0.3 is 18.8 Å². The van der Waals surface area contributed by atoms with Crippen molar-refractivity contribution in [2.75, 3.05) is 26.4 Å². The number of hydrogen-bond donors (Lipinski definition) is 0. The highest BCUT2D eigenvalue weighted by Gasteiger charge is 2.35. The zero-order valence-electron chi connectivity index (χ0n) is 19.6. The molecule has 3 rings (SSSR count). The lowest BCUT2D eigenvalue weighted by Crippen LogP contribution is -2.51. The number of esters is 1. The molecular formula is C26H31FN2O5. The van der Waals surface area contributed by atoms with E-state index in [0.29, 0.717) is 17.5 Å². The molecule has 182 valence electrons. The van der Waals surface area contributed by atoms with E-state index in [0.717, 1.165) is 5.56 Å². The van der Waals surface area contributed by atoms with Crippen LogP contribution in [-0.2, 0) is 32.1 Å². The van der Waals surface area contributed by atoms with Crippen molar-refractivity contribution < 1.29 is 27.9 Å². The number of ether oxygens (including phenoxy) is 2. The molecule has 0 aliphatic carbocycles. The first kappa shape index (κ1) is 25.4. The van der Waals surface area contributed by atoms with Crippen LogP contribution in [0.1, 0.15) is 31.7 Å². The van der Waals surface area contributed by atoms with Gasteiger partial charge in [-0.25, -0.2) is 14.2 Å². The van der Waals surface area contributed by atoms with E-state index in [1.54, 1.807) is 12.1 Å². The number of aromatic nitrogens is 1. The zero-order valence-corrected chi connectivity index (χ0v) is 19.6. The zero-order chi connectivity index (χ0) is 24.3. The van der Waals surface area contributed by atoms with Crippen molar-refractivity contribution in [1.29, 1.82) is 0 Å². The molecule has 1 amide bonds. The summed E-state index contributed by atoms with van der Waals surface area (Å²) in [6.07, 6.45) is 0.541. The number of halogens is 1. The van der Waals surface area contributed by atoms with Crippen molar-refractivity contribution in [3.8, 4) is 0 Å². The maximum atomic E-state index is 13.4. The van der Waals surface area contributed by atoms with Crippen molar-refractivity contribution >= 4 is 23.0 Å². The van der Waals surface area contributed by atoms with E-state index in [1.807, 2.05) is 56.3 Å². The van der Waals surface area contributed by atoms with Crippen molar-refractivity contribution in [2.24, 2.45) is 5.92 Å². The van der Waals surface area contributed by atoms with E-state index in [9.17, 15) is 14.0 Å². The number of hydrogen-bond acceptors (Lipinski definition) is 6. The summed E-state index contributed by atoms with van der Waals surface area (Å²) in [5, 5.41) is 0. The summed E-state index contributed by atoms with van der Waals surface area (Å²) in [5.41, 5.74) is 2.10. The van der Waals surface area contributed by atoms with Gasteiger partial charge in [-0.15, -0.1) is 0 Å². The number of benzene rings is 2. The highest BCUT2D eigenvalue weighted by atomic mass is 19.1. The average molecular weight is 471 g/mol. The van der Waals surface area contributed by atoms with Gasteiger partial charge in [-0.3, -0.25) is 4.79 Å². The molecule has 3 aromatic rings. The van der Waals surface area contributed by atoms with Crippen LogP contribution in [-0.4, -0.2) is 54.2 Å². The second-order valence-electron chi connectivity index (χ2n) is 8.06. The smallest absolute Gasteiger partial charge is 0.329 e. The molecular weight excluding hydrogens is 439 g/mol. The molecule has 7 nitrogen and oxygen atoms in total. The number of oxazole rings is 1. The van der Waals surface area contributed by atoms with Crippen molar-refractivity contribution in [2.45, 2.75) is 39.3 Å². The van der Waals surface area contributed by atoms with Gasteiger partial charge in [-0.2, -0.15) is 0 Å². The molecule has 8 heteroatoms. The SMILES string of the molecule is CC[C@H](C)[C@@H](C(=O)OCc1ccccc1)N(CCOCCF)C(=O)Cc1nc2ccccc2o1. The highest BCUT2D eigenvalue weighted by molar-refractivity contribution is 5.86. The maximum Gasteiger partial charge on any atom is 0.329 e. The van der Waals surface area contributed by atoms with Gasteiger partial charge in [-0.05, 0) is 23.6 Å². The minimum absolute atomic E-state index is 0.0698. The van der Waals surface area contributed by atoms with E-state index in [1.165, 1.54) is 4.90 Å². The van der Waals surface area contributed by atoms with Crippen LogP contribution in [0.5, 0.6) is 0 Å². The molecule has 0 saturated carbocycles. The third-order valence-electron chi connectivity index (χ3n) is 5.64. The Balaban J connectivity index is 1.79. The van der Waals surface area contributed by atoms with Crippen LogP contribution >= 0.6 is 0 Å². The first-order valence-corrected chi connectivity index (χ1v) is 11.5. The van der Waals surface area contributed by atoms with Crippen LogP contribution < -0.4 is 0 Å². The Kier molecular flexibility index (Phi) is 9.58. The molecule has 0 N–H and O–H groups in total. The number of fused-ring (bicyclic) bond motifs is 1. The molecule has 0 aliphatic rings. The molecule has 0 saturated heterocycles. The molecule has 0 spiro atoms. The second kappa shape index (κ2) is 12.8. The number of rotatable bonds is 13. The highest BCUT2D eigenvalue weighted by Crippen LogP contribution is 2.21. The minimum Gasteiger partial charge on any atom is -0.459 e. The Morgan fingerprint density at radius 1 is 1.09 bits per heavy atom. The predicted molar refractivity (Wildman–Crippen MR) is 126 cm³/mol. The van der Waals surface area contributed by atoms with Gasteiger partial charge in [0, 0.05) is 6.54 Å². The standard InChI is InChI=1S/C26H31FN2O5/c1-3-19(2)25(26(31)33-18-20-9-5-4-6-10-20)29(14-16-32-15-13-27)24(30)17-23-28-21-11-7-8-12-22(21)34-23/h4-12,19,25H,3,13-18H2,1-2H3/t19-,25-/m0/s1. The van der Waals surface area contributed by atoms with E-state index >= 15 is 0 Å². The van der Waals surface area contributed by atoms with E-state index in [-0.39, 0.29) is 50.5 Å². The molecule has 0 aliphatic heterocycles. The van der Waals surface area contributed by atoms with Gasteiger partial charge in [0.15, 0.2) is 5.58 Å². The van der Waals surface area contributed by atoms with Crippen LogP contribution in [0.2, 0.25) is 0 Å². The summed E-state index contributed by atoms with van der Waals surface area (Å²) in [5.74, 6) is -0.731. The number of carbonyl (C=O) groups excluding carboxylic acids is 2. The lowest BCUT2D eigenvalue weighted by molar-refractivity contribution is -0.159. The number of nitrogens with zero attached hydrogens (tertiary/aromatic N) is 2. The summed E-state index contributed by atoms with van der Waals surface area (Å²) >= 11 is 0. The fourth-order valence-electron chi connectivity index (χ4n) is 3.67. The van der Waals surface area contributed by atoms with Gasteiger partial charge >= 0.3 is 5.97 Å². The Bertz CT molecular complexity index is 1020. The molecule has 2 atom stereocenters. The summed E-state index contributed by atoms with van der Waals surface area (Å²) in [6, 6.07) is 15.8. The van der Waals surface area contributed by atoms with Crippen molar-refractivity contribution in [3.05, 3.63) is 66.1 Å². The van der Waals surface area contributed by atoms with E-state index in [4.69, 9.17) is 13.9 Å². The summed E-state index contributed by atoms with van der Waals surface area (Å²) in [7, 11) is 0. The van der Waals surface area contributed by atoms with E-state index < -0.39 is 18.7 Å². The fourth-order valence-corrected chi connectivity index (χ4v) is 3.67. The molecule has 0 bridgehead atoms. The normalized spacial score (nSPS) is 12.9. The Morgan fingerprint density at radius 3 is 2.53 bits per heavy atom. The van der Waals surface area contributed by atoms with Crippen molar-refractivity contribution in [1.82, 2.24) is 9.88 Å². The Labute approximate surface area is 198 Å². The summed E-state index contributed by atoms with van der Waals surface area (Å²) in [4.78, 5) is 32.4. The lowest BCUT2D eigenvalue weighted by atomic mass is 9.97.